The number of nitrogens with zero attached hydrogens (tertiary/aromatic N) is 2. The maximum absolute atomic E-state index is 12.2. The van der Waals surface area contributed by atoms with Crippen LogP contribution in [0, 0.1) is 0 Å². The highest BCUT2D eigenvalue weighted by Gasteiger charge is 2.17. The van der Waals surface area contributed by atoms with Gasteiger partial charge < -0.3 is 25.0 Å². The van der Waals surface area contributed by atoms with E-state index in [0.717, 1.165) is 49.5 Å². The van der Waals surface area contributed by atoms with E-state index >= 15 is 0 Å². The summed E-state index contributed by atoms with van der Waals surface area (Å²) in [6.07, 6.45) is 3.05. The molecule has 0 aliphatic carbocycles. The second-order valence-electron chi connectivity index (χ2n) is 6.12. The number of carbonyl (C=O) groups excluding carboxylic acids is 1. The number of hydrogen-bond acceptors (Lipinski definition) is 4. The molecule has 0 atom stereocenters. The molecule has 2 aliphatic rings. The molecule has 0 saturated carbocycles. The van der Waals surface area contributed by atoms with Gasteiger partial charge in [0.2, 0.25) is 5.91 Å². The summed E-state index contributed by atoms with van der Waals surface area (Å²) in [7, 11) is 0. The minimum atomic E-state index is 0.0772. The monoisotopic (exact) mass is 346 g/mol. The third kappa shape index (κ3) is 4.78. The number of fused-ring (bicyclic) bond motifs is 1. The first-order valence-corrected chi connectivity index (χ1v) is 8.99. The molecule has 0 radical (unpaired) electrons. The van der Waals surface area contributed by atoms with E-state index in [4.69, 9.17) is 9.47 Å². The molecule has 0 aromatic heterocycles. The standard InChI is InChI=1S/C18H26N4O3/c1-2-19-18(20-13-17(23)22-8-3-4-9-22)21-14-6-7-15-16(12-14)25-11-5-10-24-15/h6-7,12H,2-5,8-11,13H2,1H3,(H2,19,20,21). The number of rotatable bonds is 4. The summed E-state index contributed by atoms with van der Waals surface area (Å²) in [5.41, 5.74) is 0.845. The van der Waals surface area contributed by atoms with Gasteiger partial charge in [0, 0.05) is 37.8 Å². The van der Waals surface area contributed by atoms with Gasteiger partial charge in [-0.3, -0.25) is 4.79 Å². The summed E-state index contributed by atoms with van der Waals surface area (Å²) < 4.78 is 11.4. The van der Waals surface area contributed by atoms with Crippen molar-refractivity contribution >= 4 is 17.6 Å². The molecule has 25 heavy (non-hydrogen) atoms. The lowest BCUT2D eigenvalue weighted by Crippen LogP contribution is -2.34. The molecular formula is C18H26N4O3. The maximum Gasteiger partial charge on any atom is 0.244 e. The lowest BCUT2D eigenvalue weighted by Gasteiger charge is -2.16. The summed E-state index contributed by atoms with van der Waals surface area (Å²) in [6.45, 7) is 5.88. The van der Waals surface area contributed by atoms with E-state index in [1.54, 1.807) is 0 Å². The van der Waals surface area contributed by atoms with Gasteiger partial charge in [-0.2, -0.15) is 0 Å². The van der Waals surface area contributed by atoms with E-state index in [-0.39, 0.29) is 12.5 Å². The highest BCUT2D eigenvalue weighted by Crippen LogP contribution is 2.32. The fraction of sp³-hybridized carbons (Fsp3) is 0.556. The van der Waals surface area contributed by atoms with E-state index in [0.29, 0.717) is 25.7 Å². The molecule has 1 aromatic rings. The number of amides is 1. The van der Waals surface area contributed by atoms with Gasteiger partial charge in [0.05, 0.1) is 13.2 Å². The third-order valence-electron chi connectivity index (χ3n) is 4.19. The number of guanidine groups is 1. The van der Waals surface area contributed by atoms with Gasteiger partial charge in [-0.1, -0.05) is 0 Å². The molecule has 0 unspecified atom stereocenters. The first-order valence-electron chi connectivity index (χ1n) is 8.99. The third-order valence-corrected chi connectivity index (χ3v) is 4.19. The zero-order valence-corrected chi connectivity index (χ0v) is 14.7. The van der Waals surface area contributed by atoms with Crippen LogP contribution in [0.25, 0.3) is 0 Å². The molecule has 136 valence electrons. The van der Waals surface area contributed by atoms with E-state index in [1.807, 2.05) is 30.0 Å². The Morgan fingerprint density at radius 2 is 1.92 bits per heavy atom. The number of likely N-dealkylation sites (tertiary alicyclic amines) is 1. The van der Waals surface area contributed by atoms with Crippen molar-refractivity contribution in [2.45, 2.75) is 26.2 Å². The summed E-state index contributed by atoms with van der Waals surface area (Å²) in [6, 6.07) is 5.71. The first kappa shape index (κ1) is 17.4. The van der Waals surface area contributed by atoms with Gasteiger partial charge in [0.15, 0.2) is 17.5 Å². The number of anilines is 1. The van der Waals surface area contributed by atoms with Crippen LogP contribution in [0.5, 0.6) is 11.5 Å². The van der Waals surface area contributed by atoms with Gasteiger partial charge in [-0.05, 0) is 31.9 Å². The van der Waals surface area contributed by atoms with Gasteiger partial charge in [0.25, 0.3) is 0 Å². The van der Waals surface area contributed by atoms with Gasteiger partial charge in [-0.25, -0.2) is 4.99 Å². The van der Waals surface area contributed by atoms with Crippen LogP contribution in [-0.4, -0.2) is 56.2 Å². The van der Waals surface area contributed by atoms with E-state index in [1.165, 1.54) is 0 Å². The van der Waals surface area contributed by atoms with Crippen LogP contribution in [0.15, 0.2) is 23.2 Å². The van der Waals surface area contributed by atoms with Crippen molar-refractivity contribution in [1.29, 1.82) is 0 Å². The normalized spacial score (nSPS) is 17.2. The largest absolute Gasteiger partial charge is 0.490 e. The summed E-state index contributed by atoms with van der Waals surface area (Å²) in [5.74, 6) is 2.15. The van der Waals surface area contributed by atoms with Crippen LogP contribution in [-0.2, 0) is 4.79 Å². The fourth-order valence-corrected chi connectivity index (χ4v) is 2.90. The second-order valence-corrected chi connectivity index (χ2v) is 6.12. The molecule has 1 saturated heterocycles. The van der Waals surface area contributed by atoms with Crippen molar-refractivity contribution in [3.05, 3.63) is 18.2 Å². The van der Waals surface area contributed by atoms with Gasteiger partial charge in [0.1, 0.15) is 6.54 Å². The molecule has 0 spiro atoms. The number of hydrogen-bond donors (Lipinski definition) is 2. The molecular weight excluding hydrogens is 320 g/mol. The Labute approximate surface area is 148 Å². The number of ether oxygens (including phenoxy) is 2. The van der Waals surface area contributed by atoms with Crippen molar-refractivity contribution < 1.29 is 14.3 Å². The summed E-state index contributed by atoms with van der Waals surface area (Å²) >= 11 is 0. The maximum atomic E-state index is 12.2. The minimum Gasteiger partial charge on any atom is -0.490 e. The van der Waals surface area contributed by atoms with Crippen molar-refractivity contribution in [2.75, 3.05) is 44.7 Å². The summed E-state index contributed by atoms with van der Waals surface area (Å²) in [5, 5.41) is 6.39. The molecule has 2 heterocycles. The van der Waals surface area contributed by atoms with Gasteiger partial charge in [-0.15, -0.1) is 0 Å². The van der Waals surface area contributed by atoms with E-state index in [2.05, 4.69) is 15.6 Å². The number of carbonyl (C=O) groups is 1. The molecule has 1 amide bonds. The lowest BCUT2D eigenvalue weighted by atomic mass is 10.3. The zero-order valence-electron chi connectivity index (χ0n) is 14.7. The Balaban J connectivity index is 1.65. The molecule has 1 fully saturated rings. The van der Waals surface area contributed by atoms with Gasteiger partial charge >= 0.3 is 0 Å². The van der Waals surface area contributed by atoms with Crippen LogP contribution >= 0.6 is 0 Å². The average molecular weight is 346 g/mol. The predicted octanol–water partition coefficient (Wildman–Crippen LogP) is 1.85. The summed E-state index contributed by atoms with van der Waals surface area (Å²) in [4.78, 5) is 18.5. The molecule has 7 nitrogen and oxygen atoms in total. The topological polar surface area (TPSA) is 75.2 Å². The molecule has 7 heteroatoms. The number of nitrogens with one attached hydrogen (secondary N) is 2. The molecule has 2 N–H and O–H groups in total. The van der Waals surface area contributed by atoms with Crippen LogP contribution < -0.4 is 20.1 Å². The van der Waals surface area contributed by atoms with Crippen LogP contribution in [0.3, 0.4) is 0 Å². The number of benzene rings is 1. The fourth-order valence-electron chi connectivity index (χ4n) is 2.90. The highest BCUT2D eigenvalue weighted by molar-refractivity contribution is 5.95. The molecule has 2 aliphatic heterocycles. The molecule has 0 bridgehead atoms. The van der Waals surface area contributed by atoms with Crippen molar-refractivity contribution in [3.63, 3.8) is 0 Å². The predicted molar refractivity (Wildman–Crippen MR) is 97.5 cm³/mol. The van der Waals surface area contributed by atoms with Crippen molar-refractivity contribution in [2.24, 2.45) is 4.99 Å². The van der Waals surface area contributed by atoms with Crippen LogP contribution in [0.2, 0.25) is 0 Å². The van der Waals surface area contributed by atoms with E-state index in [9.17, 15) is 4.79 Å². The quantitative estimate of drug-likeness (QED) is 0.643. The second kappa shape index (κ2) is 8.60. The Morgan fingerprint density at radius 3 is 2.68 bits per heavy atom. The first-order chi connectivity index (χ1) is 12.3. The molecule has 3 rings (SSSR count). The minimum absolute atomic E-state index is 0.0772. The SMILES string of the molecule is CCNC(=NCC(=O)N1CCCC1)Nc1ccc2c(c1)OCCCO2. The zero-order chi connectivity index (χ0) is 17.5. The Morgan fingerprint density at radius 1 is 1.16 bits per heavy atom. The van der Waals surface area contributed by atoms with Crippen LogP contribution in [0.4, 0.5) is 5.69 Å². The highest BCUT2D eigenvalue weighted by atomic mass is 16.5. The number of aliphatic imine (C=N–C) groups is 1. The van der Waals surface area contributed by atoms with Crippen molar-refractivity contribution in [1.82, 2.24) is 10.2 Å². The average Bonchev–Trinajstić information content (AvgIpc) is 3.06. The Hall–Kier alpha value is -2.44. The molecule has 1 aromatic carbocycles. The Kier molecular flexibility index (Phi) is 5.98. The smallest absolute Gasteiger partial charge is 0.244 e. The van der Waals surface area contributed by atoms with Crippen molar-refractivity contribution in [3.8, 4) is 11.5 Å². The lowest BCUT2D eigenvalue weighted by molar-refractivity contribution is -0.128. The van der Waals surface area contributed by atoms with E-state index < -0.39 is 0 Å². The van der Waals surface area contributed by atoms with Crippen LogP contribution in [0.1, 0.15) is 26.2 Å². The Bertz CT molecular complexity index is 627.